The Kier molecular flexibility index (Phi) is 6.41. The van der Waals surface area contributed by atoms with Crippen molar-refractivity contribution in [2.75, 3.05) is 47.5 Å². The fraction of sp³-hybridized carbons (Fsp3) is 0.409. The number of nitrogens with two attached hydrogens (primary N) is 1. The van der Waals surface area contributed by atoms with Crippen LogP contribution in [-0.2, 0) is 6.18 Å². The maximum atomic E-state index is 13.3. The summed E-state index contributed by atoms with van der Waals surface area (Å²) in [4.78, 5) is 15.7. The summed E-state index contributed by atoms with van der Waals surface area (Å²) < 4.78 is 39.8. The molecule has 1 saturated heterocycles. The maximum absolute atomic E-state index is 13.3. The molecule has 1 fully saturated rings. The van der Waals surface area contributed by atoms with Crippen molar-refractivity contribution in [1.82, 2.24) is 15.0 Å². The van der Waals surface area contributed by atoms with Crippen LogP contribution < -0.4 is 21.3 Å². The molecule has 1 atom stereocenters. The van der Waals surface area contributed by atoms with E-state index in [4.69, 9.17) is 10.8 Å². The molecule has 0 saturated carbocycles. The highest BCUT2D eigenvalue weighted by Gasteiger charge is 2.31. The predicted octanol–water partition coefficient (Wildman–Crippen LogP) is 3.80. The maximum Gasteiger partial charge on any atom is 0.416 e. The molecule has 0 radical (unpaired) electrons. The Hall–Kier alpha value is -3.34. The van der Waals surface area contributed by atoms with Gasteiger partial charge in [-0.2, -0.15) is 18.2 Å². The molecule has 4 rings (SSSR count). The summed E-state index contributed by atoms with van der Waals surface area (Å²) in [6.45, 7) is 3.72. The van der Waals surface area contributed by atoms with Crippen molar-refractivity contribution in [1.29, 1.82) is 0 Å². The molecular weight excluding hydrogens is 435 g/mol. The Balaban J connectivity index is 1.72. The van der Waals surface area contributed by atoms with Crippen molar-refractivity contribution < 1.29 is 18.3 Å². The number of nitrogens with one attached hydrogen (secondary N) is 2. The minimum Gasteiger partial charge on any atom is -0.399 e. The fourth-order valence-corrected chi connectivity index (χ4v) is 3.88. The third-order valence-corrected chi connectivity index (χ3v) is 5.55. The molecule has 3 aromatic rings. The summed E-state index contributed by atoms with van der Waals surface area (Å²) in [6.07, 6.45) is -0.644. The molecule has 0 amide bonds. The van der Waals surface area contributed by atoms with E-state index in [1.165, 1.54) is 6.07 Å². The monoisotopic (exact) mass is 461 g/mol. The molecule has 1 aliphatic heterocycles. The molecule has 1 aliphatic rings. The number of nitrogen functional groups attached to an aromatic ring is 1. The average molecular weight is 461 g/mol. The lowest BCUT2D eigenvalue weighted by Crippen LogP contribution is -2.19. The highest BCUT2D eigenvalue weighted by molar-refractivity contribution is 5.91. The molecule has 5 N–H and O–H groups in total. The lowest BCUT2D eigenvalue weighted by molar-refractivity contribution is -0.137. The molecule has 0 aliphatic carbocycles. The van der Waals surface area contributed by atoms with Crippen molar-refractivity contribution in [3.63, 3.8) is 0 Å². The summed E-state index contributed by atoms with van der Waals surface area (Å²) in [5.74, 6) is 1.54. The first kappa shape index (κ1) is 22.8. The van der Waals surface area contributed by atoms with Gasteiger partial charge in [-0.25, -0.2) is 9.97 Å². The Bertz CT molecular complexity index is 1130. The number of pyridine rings is 1. The summed E-state index contributed by atoms with van der Waals surface area (Å²) in [6, 6.07) is 4.88. The molecule has 0 unspecified atom stereocenters. The number of fused-ring (bicyclic) bond motifs is 1. The number of aliphatic hydroxyl groups excluding tert-OH is 1. The Labute approximate surface area is 189 Å². The van der Waals surface area contributed by atoms with E-state index in [2.05, 4.69) is 30.5 Å². The first-order valence-electron chi connectivity index (χ1n) is 10.8. The van der Waals surface area contributed by atoms with E-state index in [0.717, 1.165) is 43.9 Å². The van der Waals surface area contributed by atoms with Gasteiger partial charge in [-0.15, -0.1) is 0 Å². The molecule has 8 nitrogen and oxygen atoms in total. The molecule has 0 spiro atoms. The number of benzene rings is 1. The smallest absolute Gasteiger partial charge is 0.399 e. The van der Waals surface area contributed by atoms with Crippen LogP contribution in [0, 0.1) is 0 Å². The molecule has 176 valence electrons. The van der Waals surface area contributed by atoms with Crippen LogP contribution in [0.3, 0.4) is 0 Å². The summed E-state index contributed by atoms with van der Waals surface area (Å²) in [7, 11) is 0. The number of hydrogen-bond donors (Lipinski definition) is 4. The van der Waals surface area contributed by atoms with Gasteiger partial charge in [-0.05, 0) is 49.6 Å². The summed E-state index contributed by atoms with van der Waals surface area (Å²) in [5.41, 5.74) is 5.94. The predicted molar refractivity (Wildman–Crippen MR) is 122 cm³/mol. The van der Waals surface area contributed by atoms with E-state index in [-0.39, 0.29) is 24.8 Å². The van der Waals surface area contributed by atoms with Gasteiger partial charge in [0.15, 0.2) is 0 Å². The average Bonchev–Trinajstić information content (AvgIpc) is 3.31. The number of halogens is 3. The lowest BCUT2D eigenvalue weighted by Gasteiger charge is -2.21. The largest absolute Gasteiger partial charge is 0.416 e. The van der Waals surface area contributed by atoms with E-state index in [9.17, 15) is 13.2 Å². The molecular formula is C22H26F3N7O. The van der Waals surface area contributed by atoms with Crippen LogP contribution in [0.15, 0.2) is 30.5 Å². The molecule has 1 aromatic carbocycles. The standard InChI is InChI=1S/C22H26F3N7O/c1-13(14-8-15(22(23,24)25)10-16(26)9-14)29-20-17-11-19(32-5-2-3-6-32)28-12-18(17)30-21(31-20)27-4-7-33/h8-13,33H,2-7,26H2,1H3,(H2,27,29,30,31)/t13-/m1/s1. The van der Waals surface area contributed by atoms with Crippen LogP contribution in [0.25, 0.3) is 10.9 Å². The number of alkyl halides is 3. The normalized spacial score (nSPS) is 15.1. The quantitative estimate of drug-likeness (QED) is 0.393. The van der Waals surface area contributed by atoms with Gasteiger partial charge >= 0.3 is 6.18 Å². The van der Waals surface area contributed by atoms with Gasteiger partial charge in [0.2, 0.25) is 5.95 Å². The van der Waals surface area contributed by atoms with Gasteiger partial charge in [-0.3, -0.25) is 0 Å². The first-order valence-corrected chi connectivity index (χ1v) is 10.8. The van der Waals surface area contributed by atoms with Crippen LogP contribution in [0.4, 0.5) is 36.4 Å². The number of aromatic nitrogens is 3. The van der Waals surface area contributed by atoms with Crippen LogP contribution in [-0.4, -0.2) is 46.3 Å². The number of hydrogen-bond acceptors (Lipinski definition) is 8. The number of aliphatic hydroxyl groups is 1. The van der Waals surface area contributed by atoms with Crippen molar-refractivity contribution in [3.8, 4) is 0 Å². The minimum absolute atomic E-state index is 0.0341. The van der Waals surface area contributed by atoms with Crippen molar-refractivity contribution in [3.05, 3.63) is 41.6 Å². The van der Waals surface area contributed by atoms with Gasteiger partial charge in [0.1, 0.15) is 11.6 Å². The van der Waals surface area contributed by atoms with Gasteiger partial charge in [0.05, 0.1) is 29.9 Å². The number of rotatable bonds is 7. The lowest BCUT2D eigenvalue weighted by atomic mass is 10.0. The van der Waals surface area contributed by atoms with E-state index in [1.807, 2.05) is 6.07 Å². The molecule has 11 heteroatoms. The van der Waals surface area contributed by atoms with Crippen LogP contribution in [0.5, 0.6) is 0 Å². The van der Waals surface area contributed by atoms with E-state index in [0.29, 0.717) is 22.3 Å². The van der Waals surface area contributed by atoms with Crippen molar-refractivity contribution in [2.24, 2.45) is 0 Å². The van der Waals surface area contributed by atoms with E-state index >= 15 is 0 Å². The fourth-order valence-electron chi connectivity index (χ4n) is 3.88. The van der Waals surface area contributed by atoms with Crippen LogP contribution in [0.1, 0.15) is 36.9 Å². The number of nitrogens with zero attached hydrogens (tertiary/aromatic N) is 4. The Morgan fingerprint density at radius 2 is 1.91 bits per heavy atom. The van der Waals surface area contributed by atoms with Gasteiger partial charge < -0.3 is 26.4 Å². The SMILES string of the molecule is C[C@@H](Nc1nc(NCCO)nc2cnc(N3CCCC3)cc12)c1cc(N)cc(C(F)(F)F)c1. The second-order valence-corrected chi connectivity index (χ2v) is 8.05. The topological polar surface area (TPSA) is 112 Å². The minimum atomic E-state index is -4.50. The molecule has 2 aromatic heterocycles. The van der Waals surface area contributed by atoms with Crippen LogP contribution in [0.2, 0.25) is 0 Å². The molecule has 33 heavy (non-hydrogen) atoms. The highest BCUT2D eigenvalue weighted by Crippen LogP contribution is 2.34. The Morgan fingerprint density at radius 3 is 2.61 bits per heavy atom. The number of anilines is 4. The molecule has 0 bridgehead atoms. The highest BCUT2D eigenvalue weighted by atomic mass is 19.4. The zero-order valence-electron chi connectivity index (χ0n) is 18.2. The van der Waals surface area contributed by atoms with Gasteiger partial charge in [0.25, 0.3) is 0 Å². The van der Waals surface area contributed by atoms with Crippen molar-refractivity contribution >= 4 is 34.2 Å². The zero-order chi connectivity index (χ0) is 23.6. The summed E-state index contributed by atoms with van der Waals surface area (Å²) in [5, 5.41) is 16.0. The third kappa shape index (κ3) is 5.19. The van der Waals surface area contributed by atoms with Crippen molar-refractivity contribution in [2.45, 2.75) is 32.0 Å². The Morgan fingerprint density at radius 1 is 1.15 bits per heavy atom. The third-order valence-electron chi connectivity index (χ3n) is 5.55. The molecule has 3 heterocycles. The second kappa shape index (κ2) is 9.26. The second-order valence-electron chi connectivity index (χ2n) is 8.05. The summed E-state index contributed by atoms with van der Waals surface area (Å²) >= 11 is 0. The van der Waals surface area contributed by atoms with Gasteiger partial charge in [0, 0.05) is 30.7 Å². The van der Waals surface area contributed by atoms with E-state index in [1.54, 1.807) is 13.1 Å². The van der Waals surface area contributed by atoms with Crippen LogP contribution >= 0.6 is 0 Å². The zero-order valence-corrected chi connectivity index (χ0v) is 18.2. The first-order chi connectivity index (χ1) is 15.7. The van der Waals surface area contributed by atoms with E-state index < -0.39 is 17.8 Å². The van der Waals surface area contributed by atoms with Gasteiger partial charge in [-0.1, -0.05) is 0 Å².